The molecule has 2 rings (SSSR count). The summed E-state index contributed by atoms with van der Waals surface area (Å²) in [6.07, 6.45) is 1.63. The van der Waals surface area contributed by atoms with E-state index in [4.69, 9.17) is 9.84 Å². The number of hydrogen-bond donors (Lipinski definition) is 1. The van der Waals surface area contributed by atoms with E-state index in [1.807, 2.05) is 37.8 Å². The molecular weight excluding hydrogens is 320 g/mol. The second-order valence-electron chi connectivity index (χ2n) is 7.41. The molecule has 1 heterocycles. The lowest BCUT2D eigenvalue weighted by Gasteiger charge is -2.42. The van der Waals surface area contributed by atoms with E-state index < -0.39 is 11.6 Å². The molecule has 1 aliphatic heterocycles. The normalized spacial score (nSPS) is 18.2. The molecule has 1 aromatic carbocycles. The predicted octanol–water partition coefficient (Wildman–Crippen LogP) is 3.61. The first-order valence-corrected chi connectivity index (χ1v) is 8.79. The van der Waals surface area contributed by atoms with Crippen LogP contribution in [0.4, 0.5) is 10.5 Å². The van der Waals surface area contributed by atoms with Crippen molar-refractivity contribution in [1.82, 2.24) is 4.90 Å². The zero-order valence-corrected chi connectivity index (χ0v) is 15.5. The van der Waals surface area contributed by atoms with Gasteiger partial charge in [-0.2, -0.15) is 0 Å². The van der Waals surface area contributed by atoms with Crippen molar-refractivity contribution in [1.29, 1.82) is 0 Å². The zero-order chi connectivity index (χ0) is 18.6. The third-order valence-electron chi connectivity index (χ3n) is 4.21. The Kier molecular flexibility index (Phi) is 5.93. The number of hydrogen-bond acceptors (Lipinski definition) is 4. The van der Waals surface area contributed by atoms with Gasteiger partial charge in [-0.15, -0.1) is 0 Å². The van der Waals surface area contributed by atoms with Crippen LogP contribution in [0, 0.1) is 0 Å². The fraction of sp³-hybridized carbons (Fsp3) is 0.579. The number of carbonyl (C=O) groups excluding carboxylic acids is 1. The van der Waals surface area contributed by atoms with Crippen molar-refractivity contribution in [3.63, 3.8) is 0 Å². The minimum absolute atomic E-state index is 0.0905. The number of nitrogens with zero attached hydrogens (tertiary/aromatic N) is 2. The monoisotopic (exact) mass is 348 g/mol. The Balaban J connectivity index is 2.09. The summed E-state index contributed by atoms with van der Waals surface area (Å²) in [6.45, 7) is 9.75. The molecule has 1 saturated heterocycles. The van der Waals surface area contributed by atoms with E-state index in [0.29, 0.717) is 13.1 Å². The lowest BCUT2D eigenvalue weighted by atomic mass is 10.1. The fourth-order valence-corrected chi connectivity index (χ4v) is 3.05. The maximum absolute atomic E-state index is 12.5. The van der Waals surface area contributed by atoms with Crippen molar-refractivity contribution >= 4 is 17.7 Å². The molecule has 0 radical (unpaired) electrons. The van der Waals surface area contributed by atoms with E-state index in [-0.39, 0.29) is 17.7 Å². The van der Waals surface area contributed by atoms with E-state index in [9.17, 15) is 9.59 Å². The molecule has 138 valence electrons. The van der Waals surface area contributed by atoms with Crippen LogP contribution in [0.1, 0.15) is 50.9 Å². The second kappa shape index (κ2) is 7.76. The fourth-order valence-electron chi connectivity index (χ4n) is 3.05. The Morgan fingerprint density at radius 1 is 1.20 bits per heavy atom. The van der Waals surface area contributed by atoms with Crippen LogP contribution in [0.25, 0.3) is 0 Å². The number of piperazine rings is 1. The molecule has 1 amide bonds. The Hall–Kier alpha value is -2.24. The van der Waals surface area contributed by atoms with Crippen LogP contribution >= 0.6 is 0 Å². The van der Waals surface area contributed by atoms with Gasteiger partial charge in [0.25, 0.3) is 0 Å². The van der Waals surface area contributed by atoms with E-state index in [0.717, 1.165) is 25.1 Å². The number of anilines is 1. The summed E-state index contributed by atoms with van der Waals surface area (Å²) in [7, 11) is 0. The Bertz CT molecular complexity index is 607. The lowest BCUT2D eigenvalue weighted by Crippen LogP contribution is -2.56. The molecule has 25 heavy (non-hydrogen) atoms. The molecule has 1 aliphatic rings. The smallest absolute Gasteiger partial charge is 0.410 e. The molecule has 0 aliphatic carbocycles. The number of benzene rings is 1. The number of amides is 1. The van der Waals surface area contributed by atoms with Gasteiger partial charge in [0.15, 0.2) is 0 Å². The largest absolute Gasteiger partial charge is 0.478 e. The molecule has 0 spiro atoms. The molecule has 1 fully saturated rings. The van der Waals surface area contributed by atoms with Crippen LogP contribution in [0.5, 0.6) is 0 Å². The van der Waals surface area contributed by atoms with Crippen molar-refractivity contribution in [2.45, 2.75) is 52.2 Å². The molecule has 0 saturated carbocycles. The summed E-state index contributed by atoms with van der Waals surface area (Å²) in [6, 6.07) is 6.98. The minimum Gasteiger partial charge on any atom is -0.478 e. The van der Waals surface area contributed by atoms with Gasteiger partial charge < -0.3 is 19.6 Å². The molecule has 1 aromatic rings. The molecule has 0 aromatic heterocycles. The minimum atomic E-state index is -0.926. The highest BCUT2D eigenvalue weighted by Gasteiger charge is 2.32. The van der Waals surface area contributed by atoms with Gasteiger partial charge in [0.1, 0.15) is 5.60 Å². The summed E-state index contributed by atoms with van der Waals surface area (Å²) in [4.78, 5) is 27.5. The summed E-state index contributed by atoms with van der Waals surface area (Å²) < 4.78 is 5.54. The van der Waals surface area contributed by atoms with Crippen molar-refractivity contribution in [3.05, 3.63) is 29.8 Å². The van der Waals surface area contributed by atoms with Gasteiger partial charge in [0.05, 0.1) is 11.6 Å². The number of rotatable bonds is 4. The number of carboxylic acids is 1. The van der Waals surface area contributed by atoms with E-state index >= 15 is 0 Å². The SMILES string of the molecule is CCC[C@@H]1CN(c2ccc(C(=O)O)cc2)CCN1C(=O)OC(C)(C)C. The number of ether oxygens (including phenoxy) is 1. The van der Waals surface area contributed by atoms with Crippen molar-refractivity contribution in [3.8, 4) is 0 Å². The highest BCUT2D eigenvalue weighted by atomic mass is 16.6. The highest BCUT2D eigenvalue weighted by Crippen LogP contribution is 2.23. The summed E-state index contributed by atoms with van der Waals surface area (Å²) in [5.74, 6) is -0.926. The predicted molar refractivity (Wildman–Crippen MR) is 97.3 cm³/mol. The molecule has 1 N–H and O–H groups in total. The first-order chi connectivity index (χ1) is 11.7. The van der Waals surface area contributed by atoms with Crippen molar-refractivity contribution < 1.29 is 19.4 Å². The maximum atomic E-state index is 12.5. The zero-order valence-electron chi connectivity index (χ0n) is 15.5. The van der Waals surface area contributed by atoms with Gasteiger partial charge >= 0.3 is 12.1 Å². The van der Waals surface area contributed by atoms with Gasteiger partial charge in [-0.05, 0) is 51.5 Å². The van der Waals surface area contributed by atoms with Gasteiger partial charge in [-0.3, -0.25) is 0 Å². The second-order valence-corrected chi connectivity index (χ2v) is 7.41. The van der Waals surface area contributed by atoms with Crippen LogP contribution in [-0.2, 0) is 4.74 Å². The number of carbonyl (C=O) groups is 2. The first kappa shape index (κ1) is 19.1. The van der Waals surface area contributed by atoms with E-state index in [2.05, 4.69) is 11.8 Å². The third-order valence-corrected chi connectivity index (χ3v) is 4.21. The van der Waals surface area contributed by atoms with Crippen molar-refractivity contribution in [2.24, 2.45) is 0 Å². The standard InChI is InChI=1S/C19H28N2O4/c1-5-6-16-13-20(15-9-7-14(8-10-15)17(22)23)11-12-21(16)18(24)25-19(2,3)4/h7-10,16H,5-6,11-13H2,1-4H3,(H,22,23)/t16-/m1/s1. The lowest BCUT2D eigenvalue weighted by molar-refractivity contribution is 0.0131. The van der Waals surface area contributed by atoms with Gasteiger partial charge in [-0.25, -0.2) is 9.59 Å². The van der Waals surface area contributed by atoms with Gasteiger partial charge in [-0.1, -0.05) is 13.3 Å². The average Bonchev–Trinajstić information content (AvgIpc) is 2.53. The molecule has 1 atom stereocenters. The van der Waals surface area contributed by atoms with Crippen LogP contribution in [0.15, 0.2) is 24.3 Å². The Morgan fingerprint density at radius 3 is 2.36 bits per heavy atom. The first-order valence-electron chi connectivity index (χ1n) is 8.79. The molecular formula is C19H28N2O4. The number of aromatic carboxylic acids is 1. The highest BCUT2D eigenvalue weighted by molar-refractivity contribution is 5.88. The van der Waals surface area contributed by atoms with Crippen LogP contribution in [0.2, 0.25) is 0 Å². The van der Waals surface area contributed by atoms with Crippen LogP contribution in [0.3, 0.4) is 0 Å². The van der Waals surface area contributed by atoms with Gasteiger partial charge in [0, 0.05) is 25.3 Å². The van der Waals surface area contributed by atoms with Crippen molar-refractivity contribution in [2.75, 3.05) is 24.5 Å². The van der Waals surface area contributed by atoms with E-state index in [1.54, 1.807) is 12.1 Å². The van der Waals surface area contributed by atoms with Crippen LogP contribution in [-0.4, -0.2) is 53.3 Å². The quantitative estimate of drug-likeness (QED) is 0.900. The molecule has 0 bridgehead atoms. The Morgan fingerprint density at radius 2 is 1.84 bits per heavy atom. The topological polar surface area (TPSA) is 70.1 Å². The molecule has 6 nitrogen and oxygen atoms in total. The summed E-state index contributed by atoms with van der Waals surface area (Å²) in [5, 5.41) is 9.02. The summed E-state index contributed by atoms with van der Waals surface area (Å²) in [5.41, 5.74) is 0.758. The Labute approximate surface area is 149 Å². The number of carboxylic acid groups (broad SMARTS) is 1. The average molecular weight is 348 g/mol. The third kappa shape index (κ3) is 5.11. The molecule has 0 unspecified atom stereocenters. The van der Waals surface area contributed by atoms with Crippen LogP contribution < -0.4 is 4.90 Å². The van der Waals surface area contributed by atoms with E-state index in [1.165, 1.54) is 0 Å². The van der Waals surface area contributed by atoms with Gasteiger partial charge in [0.2, 0.25) is 0 Å². The molecule has 6 heteroatoms. The maximum Gasteiger partial charge on any atom is 0.410 e. The summed E-state index contributed by atoms with van der Waals surface area (Å²) >= 11 is 0.